The van der Waals surface area contributed by atoms with Gasteiger partial charge in [-0.1, -0.05) is 6.20 Å². The summed E-state index contributed by atoms with van der Waals surface area (Å²) in [4.78, 5) is 3.71. The molecule has 0 amide bonds. The maximum absolute atomic E-state index is 5.40. The number of pyridine rings is 1. The fourth-order valence-corrected chi connectivity index (χ4v) is 0.425. The van der Waals surface area contributed by atoms with Gasteiger partial charge >= 0.3 is 0 Å². The molecule has 0 aliphatic heterocycles. The van der Waals surface area contributed by atoms with Gasteiger partial charge in [-0.15, -0.1) is 17.7 Å². The molecule has 0 spiro atoms. The fraction of sp³-hybridized carbons (Fsp3) is 0. The molecule has 0 aliphatic rings. The SMILES string of the molecule is Clc1c[c-]ccn1.[V]. The van der Waals surface area contributed by atoms with Crippen LogP contribution in [0.1, 0.15) is 0 Å². The first-order chi connectivity index (χ1) is 3.39. The Morgan fingerprint density at radius 3 is 2.62 bits per heavy atom. The molecule has 1 radical (unpaired) electrons. The molecule has 0 saturated heterocycles. The van der Waals surface area contributed by atoms with Crippen LogP contribution in [-0.2, 0) is 18.6 Å². The van der Waals surface area contributed by atoms with Gasteiger partial charge in [-0.3, -0.25) is 0 Å². The molecule has 0 unspecified atom stereocenters. The zero-order valence-electron chi connectivity index (χ0n) is 4.00. The molecular formula is C5H3ClNV-. The predicted octanol–water partition coefficient (Wildman–Crippen LogP) is 1.53. The maximum atomic E-state index is 5.40. The first kappa shape index (κ1) is 8.02. The Bertz CT molecular complexity index is 142. The van der Waals surface area contributed by atoms with Crippen molar-refractivity contribution in [3.05, 3.63) is 29.5 Å². The van der Waals surface area contributed by atoms with Crippen LogP contribution in [-0.4, -0.2) is 4.98 Å². The van der Waals surface area contributed by atoms with Crippen molar-refractivity contribution in [1.29, 1.82) is 0 Å². The average molecular weight is 163 g/mol. The van der Waals surface area contributed by atoms with E-state index in [1.165, 1.54) is 0 Å². The number of hydrogen-bond donors (Lipinski definition) is 0. The Kier molecular flexibility index (Phi) is 3.97. The number of hydrogen-bond acceptors (Lipinski definition) is 1. The van der Waals surface area contributed by atoms with Crippen LogP contribution in [0, 0.1) is 6.07 Å². The largest absolute Gasteiger partial charge is 0.372 e. The van der Waals surface area contributed by atoms with Gasteiger partial charge in [-0.2, -0.15) is 12.1 Å². The minimum Gasteiger partial charge on any atom is -0.372 e. The van der Waals surface area contributed by atoms with E-state index in [0.29, 0.717) is 5.15 Å². The van der Waals surface area contributed by atoms with Crippen molar-refractivity contribution in [3.8, 4) is 0 Å². The van der Waals surface area contributed by atoms with Crippen molar-refractivity contribution in [2.24, 2.45) is 0 Å². The van der Waals surface area contributed by atoms with Crippen molar-refractivity contribution >= 4 is 11.6 Å². The summed E-state index contributed by atoms with van der Waals surface area (Å²) in [5.41, 5.74) is 0. The number of rotatable bonds is 0. The van der Waals surface area contributed by atoms with Gasteiger partial charge in [0.1, 0.15) is 0 Å². The number of nitrogens with zero attached hydrogens (tertiary/aromatic N) is 1. The van der Waals surface area contributed by atoms with Gasteiger partial charge < -0.3 is 4.98 Å². The smallest absolute Gasteiger partial charge is 0.0142 e. The van der Waals surface area contributed by atoms with Crippen molar-refractivity contribution in [3.63, 3.8) is 0 Å². The molecule has 3 heteroatoms. The molecule has 0 aromatic carbocycles. The molecule has 1 rings (SSSR count). The standard InChI is InChI=1S/C5H3ClN.V/c6-5-3-1-2-4-7-5;/h2-4H;/q-1;. The topological polar surface area (TPSA) is 12.9 Å². The average Bonchev–Trinajstić information content (AvgIpc) is 1.69. The summed E-state index contributed by atoms with van der Waals surface area (Å²) in [6.45, 7) is 0. The predicted molar refractivity (Wildman–Crippen MR) is 28.1 cm³/mol. The van der Waals surface area contributed by atoms with E-state index in [0.717, 1.165) is 0 Å². The normalized spacial score (nSPS) is 7.62. The third-order valence-corrected chi connectivity index (χ3v) is 0.778. The van der Waals surface area contributed by atoms with Crippen LogP contribution < -0.4 is 0 Å². The first-order valence-electron chi connectivity index (χ1n) is 1.87. The summed E-state index contributed by atoms with van der Waals surface area (Å²) in [6, 6.07) is 6.08. The molecule has 8 heavy (non-hydrogen) atoms. The molecule has 1 heterocycles. The minimum atomic E-state index is 0. The second kappa shape index (κ2) is 3.96. The Labute approximate surface area is 65.0 Å². The van der Waals surface area contributed by atoms with Crippen molar-refractivity contribution < 1.29 is 18.6 Å². The van der Waals surface area contributed by atoms with E-state index in [4.69, 9.17) is 11.6 Å². The van der Waals surface area contributed by atoms with Gasteiger partial charge in [0.2, 0.25) is 0 Å². The summed E-state index contributed by atoms with van der Waals surface area (Å²) in [6.07, 6.45) is 1.60. The molecule has 41 valence electrons. The zero-order valence-corrected chi connectivity index (χ0v) is 6.16. The van der Waals surface area contributed by atoms with Crippen molar-refractivity contribution in [2.75, 3.05) is 0 Å². The molecule has 0 N–H and O–H groups in total. The quantitative estimate of drug-likeness (QED) is 0.418. The molecule has 1 aromatic heterocycles. The van der Waals surface area contributed by atoms with Crippen LogP contribution >= 0.6 is 11.6 Å². The van der Waals surface area contributed by atoms with E-state index in [1.807, 2.05) is 0 Å². The Hall–Kier alpha value is 0.0244. The van der Waals surface area contributed by atoms with E-state index in [-0.39, 0.29) is 18.6 Å². The fourth-order valence-electron chi connectivity index (χ4n) is 0.306. The molecule has 0 aliphatic carbocycles. The molecule has 0 atom stereocenters. The van der Waals surface area contributed by atoms with Crippen molar-refractivity contribution in [2.45, 2.75) is 0 Å². The van der Waals surface area contributed by atoms with Crippen LogP contribution in [0.3, 0.4) is 0 Å². The molecule has 0 saturated carbocycles. The van der Waals surface area contributed by atoms with E-state index in [1.54, 1.807) is 18.3 Å². The van der Waals surface area contributed by atoms with Crippen LogP contribution in [0.4, 0.5) is 0 Å². The van der Waals surface area contributed by atoms with Gasteiger partial charge in [0, 0.05) is 23.7 Å². The second-order valence-corrected chi connectivity index (χ2v) is 1.47. The Balaban J connectivity index is 0.000000490. The summed E-state index contributed by atoms with van der Waals surface area (Å²) in [5, 5.41) is 0.488. The minimum absolute atomic E-state index is 0. The molecule has 0 bridgehead atoms. The van der Waals surface area contributed by atoms with Crippen LogP contribution in [0.5, 0.6) is 0 Å². The Morgan fingerprint density at radius 1 is 1.62 bits per heavy atom. The third kappa shape index (κ3) is 2.36. The molecule has 1 nitrogen and oxygen atoms in total. The summed E-state index contributed by atoms with van der Waals surface area (Å²) in [7, 11) is 0. The summed E-state index contributed by atoms with van der Waals surface area (Å²) in [5.74, 6) is 0. The summed E-state index contributed by atoms with van der Waals surface area (Å²) >= 11 is 5.40. The van der Waals surface area contributed by atoms with Crippen LogP contribution in [0.15, 0.2) is 18.3 Å². The van der Waals surface area contributed by atoms with E-state index >= 15 is 0 Å². The number of halogens is 1. The van der Waals surface area contributed by atoms with Crippen LogP contribution in [0.25, 0.3) is 0 Å². The maximum Gasteiger partial charge on any atom is 0.0142 e. The third-order valence-electron chi connectivity index (χ3n) is 0.571. The zero-order chi connectivity index (χ0) is 5.11. The first-order valence-corrected chi connectivity index (χ1v) is 2.25. The van der Waals surface area contributed by atoms with E-state index in [2.05, 4.69) is 11.1 Å². The molecular weight excluding hydrogens is 160 g/mol. The monoisotopic (exact) mass is 163 g/mol. The van der Waals surface area contributed by atoms with Gasteiger partial charge in [0.25, 0.3) is 0 Å². The van der Waals surface area contributed by atoms with Crippen LogP contribution in [0.2, 0.25) is 5.15 Å². The summed E-state index contributed by atoms with van der Waals surface area (Å²) < 4.78 is 0. The molecule has 0 fully saturated rings. The number of aromatic nitrogens is 1. The van der Waals surface area contributed by atoms with Gasteiger partial charge in [-0.25, -0.2) is 0 Å². The van der Waals surface area contributed by atoms with Gasteiger partial charge in [0.05, 0.1) is 0 Å². The Morgan fingerprint density at radius 2 is 2.38 bits per heavy atom. The van der Waals surface area contributed by atoms with Gasteiger partial charge in [0.15, 0.2) is 0 Å². The van der Waals surface area contributed by atoms with Gasteiger partial charge in [-0.05, 0) is 0 Å². The van der Waals surface area contributed by atoms with Crippen molar-refractivity contribution in [1.82, 2.24) is 4.98 Å². The van der Waals surface area contributed by atoms with E-state index < -0.39 is 0 Å². The second-order valence-electron chi connectivity index (χ2n) is 1.08. The molecule has 1 aromatic rings. The van der Waals surface area contributed by atoms with E-state index in [9.17, 15) is 0 Å².